The van der Waals surface area contributed by atoms with Crippen LogP contribution in [0.25, 0.3) is 21.9 Å². The van der Waals surface area contributed by atoms with Gasteiger partial charge >= 0.3 is 0 Å². The van der Waals surface area contributed by atoms with Gasteiger partial charge in [0.25, 0.3) is 0 Å². The zero-order valence-corrected chi connectivity index (χ0v) is 13.4. The average molecular weight is 304 g/mol. The van der Waals surface area contributed by atoms with Gasteiger partial charge in [-0.05, 0) is 35.3 Å². The monoisotopic (exact) mass is 304 g/mol. The van der Waals surface area contributed by atoms with E-state index in [9.17, 15) is 5.26 Å². The highest BCUT2D eigenvalue weighted by molar-refractivity contribution is 7.19. The molecule has 0 bridgehead atoms. The first kappa shape index (κ1) is 14.5. The van der Waals surface area contributed by atoms with Crippen molar-refractivity contribution in [1.82, 2.24) is 4.98 Å². The van der Waals surface area contributed by atoms with E-state index in [0.29, 0.717) is 11.5 Å². The SMILES string of the molecule is CC(C)c1ccc(/C=C(/C#N)c2nc3ccccc3s2)cc1. The smallest absolute Gasteiger partial charge is 0.135 e. The Morgan fingerprint density at radius 2 is 1.86 bits per heavy atom. The summed E-state index contributed by atoms with van der Waals surface area (Å²) in [6, 6.07) is 18.6. The molecule has 0 saturated carbocycles. The number of hydrogen-bond donors (Lipinski definition) is 0. The van der Waals surface area contributed by atoms with Crippen molar-refractivity contribution in [2.24, 2.45) is 0 Å². The van der Waals surface area contributed by atoms with Crippen LogP contribution in [0.5, 0.6) is 0 Å². The van der Waals surface area contributed by atoms with Gasteiger partial charge in [-0.15, -0.1) is 11.3 Å². The van der Waals surface area contributed by atoms with E-state index in [1.807, 2.05) is 30.3 Å². The molecule has 108 valence electrons. The van der Waals surface area contributed by atoms with Crippen molar-refractivity contribution in [3.8, 4) is 6.07 Å². The van der Waals surface area contributed by atoms with E-state index in [-0.39, 0.29) is 0 Å². The molecule has 2 nitrogen and oxygen atoms in total. The number of hydrogen-bond acceptors (Lipinski definition) is 3. The molecule has 0 aliphatic carbocycles. The molecule has 0 radical (unpaired) electrons. The van der Waals surface area contributed by atoms with E-state index < -0.39 is 0 Å². The standard InChI is InChI=1S/C19H16N2S/c1-13(2)15-9-7-14(8-10-15)11-16(12-20)19-21-17-5-3-4-6-18(17)22-19/h3-11,13H,1-2H3/b16-11-. The molecule has 22 heavy (non-hydrogen) atoms. The molecule has 0 unspecified atom stereocenters. The lowest BCUT2D eigenvalue weighted by atomic mass is 10.0. The summed E-state index contributed by atoms with van der Waals surface area (Å²) in [6.07, 6.45) is 1.90. The van der Waals surface area contributed by atoms with Crippen LogP contribution in [-0.2, 0) is 0 Å². The van der Waals surface area contributed by atoms with E-state index >= 15 is 0 Å². The summed E-state index contributed by atoms with van der Waals surface area (Å²) < 4.78 is 1.11. The van der Waals surface area contributed by atoms with Crippen LogP contribution in [0.15, 0.2) is 48.5 Å². The van der Waals surface area contributed by atoms with Gasteiger partial charge < -0.3 is 0 Å². The summed E-state index contributed by atoms with van der Waals surface area (Å²) in [5.74, 6) is 0.512. The van der Waals surface area contributed by atoms with Crippen LogP contribution in [0.1, 0.15) is 35.9 Å². The molecule has 0 fully saturated rings. The van der Waals surface area contributed by atoms with Crippen molar-refractivity contribution in [3.63, 3.8) is 0 Å². The molecule has 3 aromatic rings. The van der Waals surface area contributed by atoms with Crippen molar-refractivity contribution in [3.05, 3.63) is 64.7 Å². The fourth-order valence-electron chi connectivity index (χ4n) is 2.27. The molecule has 1 heterocycles. The van der Waals surface area contributed by atoms with Crippen molar-refractivity contribution < 1.29 is 0 Å². The van der Waals surface area contributed by atoms with E-state index in [2.05, 4.69) is 49.2 Å². The second kappa shape index (κ2) is 6.13. The zero-order chi connectivity index (χ0) is 15.5. The quantitative estimate of drug-likeness (QED) is 0.600. The highest BCUT2D eigenvalue weighted by Crippen LogP contribution is 2.28. The molecule has 0 saturated heterocycles. The Labute approximate surface area is 134 Å². The van der Waals surface area contributed by atoms with Gasteiger partial charge in [-0.3, -0.25) is 0 Å². The summed E-state index contributed by atoms with van der Waals surface area (Å²) in [5, 5.41) is 10.2. The van der Waals surface area contributed by atoms with E-state index in [4.69, 9.17) is 0 Å². The predicted octanol–water partition coefficient (Wildman–Crippen LogP) is 5.48. The van der Waals surface area contributed by atoms with Gasteiger partial charge in [0.2, 0.25) is 0 Å². The Hall–Kier alpha value is -2.44. The van der Waals surface area contributed by atoms with Crippen LogP contribution in [-0.4, -0.2) is 4.98 Å². The molecule has 0 atom stereocenters. The Morgan fingerprint density at radius 3 is 2.50 bits per heavy atom. The number of aromatic nitrogens is 1. The molecule has 0 amide bonds. The number of allylic oxidation sites excluding steroid dienone is 1. The van der Waals surface area contributed by atoms with Crippen molar-refractivity contribution in [1.29, 1.82) is 5.26 Å². The number of fused-ring (bicyclic) bond motifs is 1. The molecular weight excluding hydrogens is 288 g/mol. The summed E-state index contributed by atoms with van der Waals surface area (Å²) in [7, 11) is 0. The number of nitrogens with zero attached hydrogens (tertiary/aromatic N) is 2. The first-order valence-electron chi connectivity index (χ1n) is 7.25. The van der Waals surface area contributed by atoms with Crippen LogP contribution >= 0.6 is 11.3 Å². The lowest BCUT2D eigenvalue weighted by Crippen LogP contribution is -1.86. The van der Waals surface area contributed by atoms with Crippen LogP contribution in [0.3, 0.4) is 0 Å². The van der Waals surface area contributed by atoms with E-state index in [1.165, 1.54) is 5.56 Å². The molecule has 0 aliphatic heterocycles. The van der Waals surface area contributed by atoms with Gasteiger partial charge in [0.15, 0.2) is 0 Å². The minimum absolute atomic E-state index is 0.512. The second-order valence-corrected chi connectivity index (χ2v) is 6.51. The zero-order valence-electron chi connectivity index (χ0n) is 12.6. The van der Waals surface area contributed by atoms with Gasteiger partial charge in [0.1, 0.15) is 11.1 Å². The Bertz CT molecular complexity index is 831. The highest BCUT2D eigenvalue weighted by atomic mass is 32.1. The van der Waals surface area contributed by atoms with Gasteiger partial charge in [0.05, 0.1) is 15.8 Å². The lowest BCUT2D eigenvalue weighted by molar-refractivity contribution is 0.866. The molecular formula is C19H16N2S. The number of para-hydroxylation sites is 1. The molecule has 3 heteroatoms. The van der Waals surface area contributed by atoms with Gasteiger partial charge in [-0.2, -0.15) is 5.26 Å². The fraction of sp³-hybridized carbons (Fsp3) is 0.158. The molecule has 1 aromatic heterocycles. The van der Waals surface area contributed by atoms with E-state index in [1.54, 1.807) is 11.3 Å². The first-order valence-corrected chi connectivity index (χ1v) is 8.07. The third-order valence-corrected chi connectivity index (χ3v) is 4.63. The second-order valence-electron chi connectivity index (χ2n) is 5.48. The third kappa shape index (κ3) is 2.93. The number of nitriles is 1. The Balaban J connectivity index is 1.97. The molecule has 2 aromatic carbocycles. The molecule has 0 aliphatic rings. The number of benzene rings is 2. The molecule has 0 spiro atoms. The van der Waals surface area contributed by atoms with Crippen molar-refractivity contribution in [2.75, 3.05) is 0 Å². The van der Waals surface area contributed by atoms with Crippen LogP contribution in [0, 0.1) is 11.3 Å². The average Bonchev–Trinajstić information content (AvgIpc) is 2.96. The largest absolute Gasteiger partial charge is 0.235 e. The topological polar surface area (TPSA) is 36.7 Å². The lowest BCUT2D eigenvalue weighted by Gasteiger charge is -2.04. The fourth-order valence-corrected chi connectivity index (χ4v) is 3.20. The molecule has 3 rings (SSSR count). The van der Waals surface area contributed by atoms with Crippen molar-refractivity contribution >= 4 is 33.2 Å². The maximum absolute atomic E-state index is 9.46. The summed E-state index contributed by atoms with van der Waals surface area (Å²) in [5.41, 5.74) is 3.88. The number of rotatable bonds is 3. The predicted molar refractivity (Wildman–Crippen MR) is 93.6 cm³/mol. The summed E-state index contributed by atoms with van der Waals surface area (Å²) in [4.78, 5) is 4.55. The minimum Gasteiger partial charge on any atom is -0.235 e. The highest BCUT2D eigenvalue weighted by Gasteiger charge is 2.08. The Morgan fingerprint density at radius 1 is 1.14 bits per heavy atom. The van der Waals surface area contributed by atoms with E-state index in [0.717, 1.165) is 20.8 Å². The maximum Gasteiger partial charge on any atom is 0.135 e. The third-order valence-electron chi connectivity index (χ3n) is 3.56. The maximum atomic E-state index is 9.46. The normalized spacial score (nSPS) is 11.8. The summed E-state index contributed by atoms with van der Waals surface area (Å²) >= 11 is 1.56. The van der Waals surface area contributed by atoms with Gasteiger partial charge in [-0.25, -0.2) is 4.98 Å². The molecule has 0 N–H and O–H groups in total. The Kier molecular flexibility index (Phi) is 4.04. The summed E-state index contributed by atoms with van der Waals surface area (Å²) in [6.45, 7) is 4.35. The van der Waals surface area contributed by atoms with Gasteiger partial charge in [-0.1, -0.05) is 50.2 Å². The minimum atomic E-state index is 0.512. The number of thiazole rings is 1. The van der Waals surface area contributed by atoms with Crippen LogP contribution in [0.4, 0.5) is 0 Å². The van der Waals surface area contributed by atoms with Crippen molar-refractivity contribution in [2.45, 2.75) is 19.8 Å². The first-order chi connectivity index (χ1) is 10.7. The van der Waals surface area contributed by atoms with Crippen LogP contribution in [0.2, 0.25) is 0 Å². The van der Waals surface area contributed by atoms with Gasteiger partial charge in [0, 0.05) is 0 Å². The van der Waals surface area contributed by atoms with Crippen LogP contribution < -0.4 is 0 Å².